The minimum Gasteiger partial charge on any atom is -0.393 e. The largest absolute Gasteiger partial charge is 0.397 e. The van der Waals surface area contributed by atoms with E-state index in [4.69, 9.17) is 11.4 Å². The first-order valence-corrected chi connectivity index (χ1v) is 11.6. The zero-order valence-corrected chi connectivity index (χ0v) is 17.9. The lowest BCUT2D eigenvalue weighted by molar-refractivity contribution is -0.179. The third-order valence-corrected chi connectivity index (χ3v) is 8.87. The number of rotatable bonds is 4. The van der Waals surface area contributed by atoms with Gasteiger partial charge in [0.15, 0.2) is 5.78 Å². The summed E-state index contributed by atoms with van der Waals surface area (Å²) in [6.07, 6.45) is -8.05. The molecular weight excluding hydrogens is 412 g/mol. The fraction of sp³-hybridized carbons (Fsp3) is 0.905. The van der Waals surface area contributed by atoms with Crippen LogP contribution in [-0.2, 0) is 24.2 Å². The summed E-state index contributed by atoms with van der Waals surface area (Å²) in [5.74, 6) is -3.80. The summed E-state index contributed by atoms with van der Waals surface area (Å²) in [6, 6.07) is 0. The van der Waals surface area contributed by atoms with Crippen molar-refractivity contribution < 1.29 is 43.8 Å². The summed E-state index contributed by atoms with van der Waals surface area (Å²) in [5, 5.41) is 22.0. The van der Waals surface area contributed by atoms with E-state index in [1.165, 1.54) is 0 Å². The number of carbonyl (C=O) groups is 2. The van der Waals surface area contributed by atoms with Gasteiger partial charge in [0.2, 0.25) is 0 Å². The van der Waals surface area contributed by atoms with Crippen LogP contribution in [0.1, 0.15) is 72.0 Å². The van der Waals surface area contributed by atoms with Crippen molar-refractivity contribution in [2.24, 2.45) is 34.5 Å². The molecule has 8 nitrogen and oxygen atoms in total. The fourth-order valence-corrected chi connectivity index (χ4v) is 7.23. The van der Waals surface area contributed by atoms with Crippen molar-refractivity contribution in [1.82, 2.24) is 0 Å². The summed E-state index contributed by atoms with van der Waals surface area (Å²) in [6.45, 7) is 2.16. The van der Waals surface area contributed by atoms with Gasteiger partial charge in [-0.05, 0) is 68.0 Å². The molecule has 30 heavy (non-hydrogen) atoms. The molecule has 4 fully saturated rings. The van der Waals surface area contributed by atoms with Crippen LogP contribution in [0.5, 0.6) is 0 Å². The zero-order valence-electron chi connectivity index (χ0n) is 22.1. The smallest absolute Gasteiger partial charge is 0.393 e. The average Bonchev–Trinajstić information content (AvgIpc) is 2.95. The molecule has 0 aromatic carbocycles. The summed E-state index contributed by atoms with van der Waals surface area (Å²) < 4.78 is 76.7. The summed E-state index contributed by atoms with van der Waals surface area (Å²) in [7, 11) is -4.91. The van der Waals surface area contributed by atoms with Crippen molar-refractivity contribution in [1.29, 1.82) is 0 Å². The lowest BCUT2D eigenvalue weighted by Crippen LogP contribution is -2.62. The molecule has 0 spiro atoms. The minimum atomic E-state index is -4.91. The number of hydrogen-bond donors (Lipinski definition) is 3. The molecule has 8 atom stereocenters. The van der Waals surface area contributed by atoms with Crippen LogP contribution in [0, 0.1) is 34.5 Å². The van der Waals surface area contributed by atoms with Crippen LogP contribution in [0.15, 0.2) is 0 Å². The van der Waals surface area contributed by atoms with Crippen molar-refractivity contribution in [2.45, 2.75) is 76.8 Å². The van der Waals surface area contributed by atoms with Gasteiger partial charge in [-0.3, -0.25) is 14.1 Å². The van der Waals surface area contributed by atoms with Crippen LogP contribution < -0.4 is 0 Å². The molecule has 4 aliphatic carbocycles. The van der Waals surface area contributed by atoms with E-state index in [9.17, 15) is 28.2 Å². The van der Waals surface area contributed by atoms with Crippen molar-refractivity contribution in [3.8, 4) is 0 Å². The van der Waals surface area contributed by atoms with Gasteiger partial charge < -0.3 is 10.2 Å². The van der Waals surface area contributed by atoms with Gasteiger partial charge in [0.25, 0.3) is 0 Å². The van der Waals surface area contributed by atoms with E-state index < -0.39 is 75.8 Å². The van der Waals surface area contributed by atoms with Crippen molar-refractivity contribution >= 4 is 22.0 Å². The molecular formula is C21H32O8S. The molecule has 3 N–H and O–H groups in total. The zero-order chi connectivity index (χ0) is 26.6. The molecule has 9 heteroatoms. The standard InChI is InChI=1S/C21H32O8S/c1-19-7-5-13(22)9-12(19)3-4-14-15-6-8-21(25,17(24)11-29-30(26,27)28)20(15,2)10-16(23)18(14)19/h12-15,18,22,25H,3-11H2,1-2H3,(H,26,27,28)/t12-,13-,14+,15+,18-,19+,20+,21+/m1/s1/i5D2,9D2,13D. The second-order valence-electron chi connectivity index (χ2n) is 9.80. The molecule has 4 rings (SSSR count). The van der Waals surface area contributed by atoms with Crippen molar-refractivity contribution in [3.05, 3.63) is 0 Å². The highest BCUT2D eigenvalue weighted by Gasteiger charge is 2.69. The Bertz CT molecular complexity index is 1060. The molecule has 0 aromatic heterocycles. The fourth-order valence-electron chi connectivity index (χ4n) is 6.98. The van der Waals surface area contributed by atoms with Crippen LogP contribution in [-0.4, -0.2) is 53.0 Å². The lowest BCUT2D eigenvalue weighted by Gasteiger charge is -2.60. The Kier molecular flexibility index (Phi) is 3.94. The maximum Gasteiger partial charge on any atom is 0.397 e. The van der Waals surface area contributed by atoms with E-state index >= 15 is 0 Å². The number of Topliss-reactive ketones (excluding diaryl/α,β-unsaturated/α-hetero) is 2. The molecule has 4 saturated carbocycles. The normalized spacial score (nSPS) is 56.8. The summed E-state index contributed by atoms with van der Waals surface area (Å²) >= 11 is 0. The number of carbonyl (C=O) groups excluding carboxylic acids is 2. The van der Waals surface area contributed by atoms with E-state index in [-0.39, 0.29) is 37.4 Å². The van der Waals surface area contributed by atoms with Gasteiger partial charge >= 0.3 is 10.4 Å². The quantitative estimate of drug-likeness (QED) is 0.551. The van der Waals surface area contributed by atoms with Gasteiger partial charge in [-0.15, -0.1) is 0 Å². The third kappa shape index (κ3) is 3.20. The Morgan fingerprint density at radius 2 is 2.00 bits per heavy atom. The second kappa shape index (κ2) is 7.07. The van der Waals surface area contributed by atoms with Crippen LogP contribution in [0.25, 0.3) is 0 Å². The lowest BCUT2D eigenvalue weighted by atomic mass is 9.44. The highest BCUT2D eigenvalue weighted by molar-refractivity contribution is 7.80. The molecule has 0 aromatic rings. The Hall–Kier alpha value is -0.870. The first-order valence-electron chi connectivity index (χ1n) is 12.8. The molecule has 0 bridgehead atoms. The van der Waals surface area contributed by atoms with E-state index in [2.05, 4.69) is 4.18 Å². The molecule has 0 heterocycles. The molecule has 0 amide bonds. The van der Waals surface area contributed by atoms with Crippen LogP contribution >= 0.6 is 0 Å². The summed E-state index contributed by atoms with van der Waals surface area (Å²) in [4.78, 5) is 26.6. The first kappa shape index (κ1) is 16.7. The molecule has 0 saturated heterocycles. The van der Waals surface area contributed by atoms with Crippen molar-refractivity contribution in [2.75, 3.05) is 6.61 Å². The summed E-state index contributed by atoms with van der Waals surface area (Å²) in [5.41, 5.74) is -4.52. The van der Waals surface area contributed by atoms with Gasteiger partial charge in [0, 0.05) is 23.2 Å². The van der Waals surface area contributed by atoms with Gasteiger partial charge in [-0.2, -0.15) is 8.42 Å². The topological polar surface area (TPSA) is 138 Å². The van der Waals surface area contributed by atoms with Crippen molar-refractivity contribution in [3.63, 3.8) is 0 Å². The number of ketones is 2. The number of aliphatic hydroxyl groups is 2. The molecule has 0 radical (unpaired) electrons. The van der Waals surface area contributed by atoms with Gasteiger partial charge in [-0.25, -0.2) is 4.18 Å². The number of hydrogen-bond acceptors (Lipinski definition) is 7. The predicted molar refractivity (Wildman–Crippen MR) is 106 cm³/mol. The van der Waals surface area contributed by atoms with E-state index in [0.717, 1.165) is 0 Å². The van der Waals surface area contributed by atoms with Gasteiger partial charge in [0.05, 0.1) is 7.45 Å². The van der Waals surface area contributed by atoms with Crippen LogP contribution in [0.3, 0.4) is 0 Å². The second-order valence-corrected chi connectivity index (χ2v) is 10.9. The number of fused-ring (bicyclic) bond motifs is 5. The van der Waals surface area contributed by atoms with Gasteiger partial charge in [0.1, 0.15) is 18.0 Å². The van der Waals surface area contributed by atoms with E-state index in [1.54, 1.807) is 13.8 Å². The Balaban J connectivity index is 1.71. The maximum atomic E-state index is 13.7. The Morgan fingerprint density at radius 1 is 1.30 bits per heavy atom. The highest BCUT2D eigenvalue weighted by Crippen LogP contribution is 2.67. The SMILES string of the molecule is [2H]C1([2H])C[C@@]2(C)[C@H](CC[C@@H]3[C@@H]2C(=O)C[C@@]2(C)[C@H]3CC[C@]2(O)C(=O)COS(=O)(=O)O)C([2H])([2H])[C@]1([2H])O. The average molecular weight is 450 g/mol. The molecule has 4 aliphatic rings. The Labute approximate surface area is 184 Å². The first-order chi connectivity index (χ1) is 15.7. The van der Waals surface area contributed by atoms with E-state index in [1.807, 2.05) is 0 Å². The van der Waals surface area contributed by atoms with Crippen LogP contribution in [0.4, 0.5) is 0 Å². The highest BCUT2D eigenvalue weighted by atomic mass is 32.3. The Morgan fingerprint density at radius 3 is 2.67 bits per heavy atom. The molecule has 0 unspecified atom stereocenters. The molecule has 0 aliphatic heterocycles. The maximum absolute atomic E-state index is 13.7. The predicted octanol–water partition coefficient (Wildman–Crippen LogP) is 1.69. The minimum absolute atomic E-state index is 0.0490. The third-order valence-electron chi connectivity index (χ3n) is 8.46. The van der Waals surface area contributed by atoms with Crippen LogP contribution in [0.2, 0.25) is 0 Å². The molecule has 170 valence electrons. The van der Waals surface area contributed by atoms with E-state index in [0.29, 0.717) is 12.8 Å². The monoisotopic (exact) mass is 449 g/mol. The van der Waals surface area contributed by atoms with Gasteiger partial charge in [-0.1, -0.05) is 13.8 Å².